The number of nitrogens with one attached hydrogen (secondary N) is 1. The van der Waals surface area contributed by atoms with Crippen LogP contribution in [0.25, 0.3) is 0 Å². The van der Waals surface area contributed by atoms with Crippen LogP contribution in [0.15, 0.2) is 5.38 Å². The van der Waals surface area contributed by atoms with E-state index in [1.54, 1.807) is 0 Å². The predicted octanol–water partition coefficient (Wildman–Crippen LogP) is 3.16. The van der Waals surface area contributed by atoms with Crippen LogP contribution in [-0.2, 0) is 6.54 Å². The normalized spacial score (nSPS) is 20.1. The molecule has 1 N–H and O–H groups in total. The maximum Gasteiger partial charge on any atom is 0.138 e. The topological polar surface area (TPSA) is 21.3 Å². The minimum absolute atomic E-state index is 0. The molecule has 0 unspecified atom stereocenters. The third-order valence-corrected chi connectivity index (χ3v) is 3.49. The van der Waals surface area contributed by atoms with Gasteiger partial charge in [0.1, 0.15) is 11.9 Å². The van der Waals surface area contributed by atoms with Gasteiger partial charge in [-0.05, 0) is 18.2 Å². The Morgan fingerprint density at radius 2 is 2.27 bits per heavy atom. The SMILES string of the molecule is CC(C)c1csc2c1O[C@@H](C)CNC2.Cl. The minimum atomic E-state index is 0. The van der Waals surface area contributed by atoms with E-state index >= 15 is 0 Å². The number of hydrogen-bond acceptors (Lipinski definition) is 3. The summed E-state index contributed by atoms with van der Waals surface area (Å²) in [6.45, 7) is 8.45. The molecule has 0 amide bonds. The molecule has 0 bridgehead atoms. The van der Waals surface area contributed by atoms with Crippen molar-refractivity contribution in [3.05, 3.63) is 15.8 Å². The Morgan fingerprint density at radius 1 is 1.53 bits per heavy atom. The Bertz CT molecular complexity index is 324. The van der Waals surface area contributed by atoms with E-state index in [1.165, 1.54) is 10.4 Å². The molecule has 0 aromatic carbocycles. The molecule has 2 nitrogen and oxygen atoms in total. The van der Waals surface area contributed by atoms with E-state index in [9.17, 15) is 0 Å². The van der Waals surface area contributed by atoms with Crippen LogP contribution in [0, 0.1) is 0 Å². The van der Waals surface area contributed by atoms with E-state index in [2.05, 4.69) is 31.5 Å². The third-order valence-electron chi connectivity index (χ3n) is 2.50. The zero-order chi connectivity index (χ0) is 10.1. The lowest BCUT2D eigenvalue weighted by atomic mass is 10.1. The van der Waals surface area contributed by atoms with E-state index in [4.69, 9.17) is 4.74 Å². The van der Waals surface area contributed by atoms with Crippen molar-refractivity contribution in [3.63, 3.8) is 0 Å². The first-order chi connectivity index (χ1) is 6.68. The van der Waals surface area contributed by atoms with Gasteiger partial charge in [-0.1, -0.05) is 13.8 Å². The first-order valence-electron chi connectivity index (χ1n) is 5.16. The number of rotatable bonds is 1. The minimum Gasteiger partial charge on any atom is -0.488 e. The van der Waals surface area contributed by atoms with Crippen LogP contribution in [0.2, 0.25) is 0 Å². The highest BCUT2D eigenvalue weighted by atomic mass is 35.5. The number of halogens is 1. The molecular weight excluding hydrogens is 230 g/mol. The Labute approximate surface area is 101 Å². The molecule has 15 heavy (non-hydrogen) atoms. The zero-order valence-corrected chi connectivity index (χ0v) is 11.0. The Morgan fingerprint density at radius 3 is 2.93 bits per heavy atom. The zero-order valence-electron chi connectivity index (χ0n) is 9.37. The van der Waals surface area contributed by atoms with Gasteiger partial charge in [0.15, 0.2) is 0 Å². The van der Waals surface area contributed by atoms with Crippen LogP contribution in [0.1, 0.15) is 37.1 Å². The van der Waals surface area contributed by atoms with Gasteiger partial charge in [0.2, 0.25) is 0 Å². The van der Waals surface area contributed by atoms with Gasteiger partial charge in [-0.25, -0.2) is 0 Å². The first-order valence-corrected chi connectivity index (χ1v) is 6.04. The third kappa shape index (κ3) is 2.65. The summed E-state index contributed by atoms with van der Waals surface area (Å²) in [4.78, 5) is 1.35. The largest absolute Gasteiger partial charge is 0.488 e. The van der Waals surface area contributed by atoms with Crippen LogP contribution in [-0.4, -0.2) is 12.6 Å². The summed E-state index contributed by atoms with van der Waals surface area (Å²) in [5.41, 5.74) is 1.36. The second-order valence-electron chi connectivity index (χ2n) is 4.16. The Hall–Kier alpha value is -0.250. The molecule has 1 atom stereocenters. The smallest absolute Gasteiger partial charge is 0.138 e. The van der Waals surface area contributed by atoms with Crippen molar-refractivity contribution in [1.82, 2.24) is 5.32 Å². The van der Waals surface area contributed by atoms with Crippen molar-refractivity contribution in [2.24, 2.45) is 0 Å². The molecule has 0 radical (unpaired) electrons. The molecule has 4 heteroatoms. The van der Waals surface area contributed by atoms with Gasteiger partial charge < -0.3 is 10.1 Å². The molecule has 1 aromatic heterocycles. The summed E-state index contributed by atoms with van der Waals surface area (Å²) in [7, 11) is 0. The van der Waals surface area contributed by atoms with Crippen molar-refractivity contribution >= 4 is 23.7 Å². The first kappa shape index (κ1) is 12.8. The van der Waals surface area contributed by atoms with Crippen LogP contribution in [0.4, 0.5) is 0 Å². The summed E-state index contributed by atoms with van der Waals surface area (Å²) >= 11 is 1.81. The summed E-state index contributed by atoms with van der Waals surface area (Å²) < 4.78 is 5.94. The van der Waals surface area contributed by atoms with Gasteiger partial charge >= 0.3 is 0 Å². The molecular formula is C11H18ClNOS. The van der Waals surface area contributed by atoms with Gasteiger partial charge in [-0.2, -0.15) is 0 Å². The van der Waals surface area contributed by atoms with E-state index in [1.807, 2.05) is 11.3 Å². The molecule has 1 aromatic rings. The Kier molecular flexibility index (Phi) is 4.44. The van der Waals surface area contributed by atoms with Gasteiger partial charge in [0.05, 0.1) is 4.88 Å². The molecule has 0 fully saturated rings. The van der Waals surface area contributed by atoms with Crippen LogP contribution < -0.4 is 10.1 Å². The number of hydrogen-bond donors (Lipinski definition) is 1. The van der Waals surface area contributed by atoms with Crippen LogP contribution in [0.5, 0.6) is 5.75 Å². The van der Waals surface area contributed by atoms with Gasteiger partial charge in [0.25, 0.3) is 0 Å². The highest BCUT2D eigenvalue weighted by Gasteiger charge is 2.20. The molecule has 1 aliphatic rings. The second-order valence-corrected chi connectivity index (χ2v) is 5.12. The molecule has 2 rings (SSSR count). The van der Waals surface area contributed by atoms with E-state index in [-0.39, 0.29) is 18.5 Å². The summed E-state index contributed by atoms with van der Waals surface area (Å²) in [5, 5.41) is 5.62. The number of thiophene rings is 1. The number of fused-ring (bicyclic) bond motifs is 1. The Balaban J connectivity index is 0.00000112. The van der Waals surface area contributed by atoms with E-state index in [0.717, 1.165) is 18.8 Å². The van der Waals surface area contributed by atoms with Crippen molar-refractivity contribution in [3.8, 4) is 5.75 Å². The fraction of sp³-hybridized carbons (Fsp3) is 0.636. The van der Waals surface area contributed by atoms with Crippen LogP contribution in [0.3, 0.4) is 0 Å². The van der Waals surface area contributed by atoms with Crippen molar-refractivity contribution in [2.75, 3.05) is 6.54 Å². The van der Waals surface area contributed by atoms with E-state index in [0.29, 0.717) is 5.92 Å². The quantitative estimate of drug-likeness (QED) is 0.823. The molecule has 0 saturated carbocycles. The second kappa shape index (κ2) is 5.19. The average molecular weight is 248 g/mol. The fourth-order valence-electron chi connectivity index (χ4n) is 1.69. The highest BCUT2D eigenvalue weighted by molar-refractivity contribution is 7.10. The molecule has 2 heterocycles. The van der Waals surface area contributed by atoms with E-state index < -0.39 is 0 Å². The monoisotopic (exact) mass is 247 g/mol. The van der Waals surface area contributed by atoms with Gasteiger partial charge in [-0.15, -0.1) is 23.7 Å². The maximum atomic E-state index is 5.94. The lowest BCUT2D eigenvalue weighted by molar-refractivity contribution is 0.224. The molecule has 86 valence electrons. The van der Waals surface area contributed by atoms with Crippen molar-refractivity contribution < 1.29 is 4.74 Å². The van der Waals surface area contributed by atoms with Gasteiger partial charge in [0, 0.05) is 18.7 Å². The fourth-order valence-corrected chi connectivity index (χ4v) is 2.80. The summed E-state index contributed by atoms with van der Waals surface area (Å²) in [6.07, 6.45) is 0.281. The predicted molar refractivity (Wildman–Crippen MR) is 67.5 cm³/mol. The lowest BCUT2D eigenvalue weighted by Gasteiger charge is -2.13. The summed E-state index contributed by atoms with van der Waals surface area (Å²) in [6, 6.07) is 0. The lowest BCUT2D eigenvalue weighted by Crippen LogP contribution is -2.25. The maximum absolute atomic E-state index is 5.94. The molecule has 0 aliphatic carbocycles. The van der Waals surface area contributed by atoms with Crippen LogP contribution >= 0.6 is 23.7 Å². The number of ether oxygens (including phenoxy) is 1. The highest BCUT2D eigenvalue weighted by Crippen LogP contribution is 2.37. The standard InChI is InChI=1S/C11H17NOS.ClH/c1-7(2)9-6-14-10-5-12-4-8(3)13-11(9)10;/h6-8,12H,4-5H2,1-3H3;1H/t8-;/m0./s1. The average Bonchev–Trinajstić information content (AvgIpc) is 2.41. The summed E-state index contributed by atoms with van der Waals surface area (Å²) in [5.74, 6) is 1.70. The molecule has 0 saturated heterocycles. The van der Waals surface area contributed by atoms with Crippen molar-refractivity contribution in [1.29, 1.82) is 0 Å². The molecule has 1 aliphatic heterocycles. The van der Waals surface area contributed by atoms with Gasteiger partial charge in [-0.3, -0.25) is 0 Å². The molecule has 0 spiro atoms. The van der Waals surface area contributed by atoms with Crippen molar-refractivity contribution in [2.45, 2.75) is 39.3 Å².